The number of hydrogen-bond acceptors (Lipinski definition) is 3. The van der Waals surface area contributed by atoms with Gasteiger partial charge in [0.1, 0.15) is 11.5 Å². The third-order valence-corrected chi connectivity index (χ3v) is 6.77. The molecular weight excluding hydrogens is 462 g/mol. The molecule has 0 spiro atoms. The summed E-state index contributed by atoms with van der Waals surface area (Å²) in [5.41, 5.74) is 11.9. The van der Waals surface area contributed by atoms with E-state index in [2.05, 4.69) is 64.5 Å². The standard InChI is InChI=1S/C28H22BrNO2/c1-31-19-11-7-17(8-12-19)21-15-16-24-26(25(21)18-9-13-20(32-2)14-10-18)27(29)22-5-3-4-6-23(22)28(24)30/h3-16H,30H2,1-2H3. The van der Waals surface area contributed by atoms with Crippen LogP contribution in [0.5, 0.6) is 11.5 Å². The lowest BCUT2D eigenvalue weighted by Crippen LogP contribution is -1.95. The molecule has 32 heavy (non-hydrogen) atoms. The number of rotatable bonds is 4. The highest BCUT2D eigenvalue weighted by molar-refractivity contribution is 9.10. The van der Waals surface area contributed by atoms with Gasteiger partial charge in [-0.1, -0.05) is 60.7 Å². The molecule has 0 atom stereocenters. The van der Waals surface area contributed by atoms with Gasteiger partial charge >= 0.3 is 0 Å². The highest BCUT2D eigenvalue weighted by Crippen LogP contribution is 2.46. The van der Waals surface area contributed by atoms with Crippen LogP contribution in [0.25, 0.3) is 43.8 Å². The van der Waals surface area contributed by atoms with Gasteiger partial charge in [0.25, 0.3) is 0 Å². The number of fused-ring (bicyclic) bond motifs is 2. The summed E-state index contributed by atoms with van der Waals surface area (Å²) in [6.07, 6.45) is 0. The Morgan fingerprint density at radius 3 is 1.78 bits per heavy atom. The van der Waals surface area contributed by atoms with Crippen LogP contribution in [0.1, 0.15) is 0 Å². The van der Waals surface area contributed by atoms with E-state index in [1.54, 1.807) is 14.2 Å². The Morgan fingerprint density at radius 1 is 0.625 bits per heavy atom. The van der Waals surface area contributed by atoms with Crippen LogP contribution < -0.4 is 15.2 Å². The maximum absolute atomic E-state index is 6.69. The van der Waals surface area contributed by atoms with Crippen molar-refractivity contribution in [3.63, 3.8) is 0 Å². The maximum atomic E-state index is 6.69. The number of halogens is 1. The molecule has 0 aliphatic heterocycles. The zero-order chi connectivity index (χ0) is 22.2. The molecule has 5 aromatic rings. The van der Waals surface area contributed by atoms with Crippen molar-refractivity contribution in [3.05, 3.63) is 89.4 Å². The number of ether oxygens (including phenoxy) is 2. The van der Waals surface area contributed by atoms with Crippen LogP contribution in [0.4, 0.5) is 5.69 Å². The van der Waals surface area contributed by atoms with Crippen molar-refractivity contribution < 1.29 is 9.47 Å². The number of anilines is 1. The van der Waals surface area contributed by atoms with Gasteiger partial charge in [-0.2, -0.15) is 0 Å². The summed E-state index contributed by atoms with van der Waals surface area (Å²) in [5, 5.41) is 4.27. The lowest BCUT2D eigenvalue weighted by molar-refractivity contribution is 0.414. The average molecular weight is 484 g/mol. The molecule has 2 N–H and O–H groups in total. The van der Waals surface area contributed by atoms with Gasteiger partial charge in [-0.15, -0.1) is 0 Å². The summed E-state index contributed by atoms with van der Waals surface area (Å²) in [6, 6.07) is 28.8. The Bertz CT molecular complexity index is 1440. The number of methoxy groups -OCH3 is 2. The third-order valence-electron chi connectivity index (χ3n) is 5.95. The first-order valence-electron chi connectivity index (χ1n) is 10.3. The smallest absolute Gasteiger partial charge is 0.118 e. The fourth-order valence-corrected chi connectivity index (χ4v) is 5.07. The zero-order valence-electron chi connectivity index (χ0n) is 17.9. The molecule has 0 bridgehead atoms. The van der Waals surface area contributed by atoms with Crippen molar-refractivity contribution in [3.8, 4) is 33.8 Å². The molecule has 0 amide bonds. The summed E-state index contributed by atoms with van der Waals surface area (Å²) in [7, 11) is 3.36. The van der Waals surface area contributed by atoms with Crippen molar-refractivity contribution in [2.75, 3.05) is 20.0 Å². The van der Waals surface area contributed by atoms with Crippen molar-refractivity contribution in [1.82, 2.24) is 0 Å². The third kappa shape index (κ3) is 3.28. The second kappa shape index (κ2) is 8.21. The van der Waals surface area contributed by atoms with Crippen molar-refractivity contribution in [2.45, 2.75) is 0 Å². The SMILES string of the molecule is COc1ccc(-c2ccc3c(N)c4ccccc4c(Br)c3c2-c2ccc(OC)cc2)cc1. The van der Waals surface area contributed by atoms with Crippen LogP contribution >= 0.6 is 15.9 Å². The van der Waals surface area contributed by atoms with E-state index in [9.17, 15) is 0 Å². The molecule has 0 heterocycles. The molecule has 0 unspecified atom stereocenters. The second-order valence-electron chi connectivity index (χ2n) is 7.64. The lowest BCUT2D eigenvalue weighted by atomic mass is 9.88. The van der Waals surface area contributed by atoms with Gasteiger partial charge in [-0.05, 0) is 67.8 Å². The van der Waals surface area contributed by atoms with E-state index in [0.717, 1.165) is 65.5 Å². The molecule has 158 valence electrons. The molecule has 0 radical (unpaired) electrons. The van der Waals surface area contributed by atoms with E-state index < -0.39 is 0 Å². The molecule has 0 fully saturated rings. The van der Waals surface area contributed by atoms with Gasteiger partial charge in [0, 0.05) is 26.3 Å². The fourth-order valence-electron chi connectivity index (χ4n) is 4.31. The largest absolute Gasteiger partial charge is 0.497 e. The molecule has 0 saturated carbocycles. The van der Waals surface area contributed by atoms with Gasteiger partial charge in [0.05, 0.1) is 14.2 Å². The number of benzene rings is 5. The van der Waals surface area contributed by atoms with Crippen LogP contribution in [0.15, 0.2) is 89.4 Å². The van der Waals surface area contributed by atoms with E-state index in [1.807, 2.05) is 36.4 Å². The second-order valence-corrected chi connectivity index (χ2v) is 8.43. The summed E-state index contributed by atoms with van der Waals surface area (Å²) in [6.45, 7) is 0. The first kappa shape index (κ1) is 20.4. The molecule has 3 nitrogen and oxygen atoms in total. The average Bonchev–Trinajstić information content (AvgIpc) is 2.86. The topological polar surface area (TPSA) is 44.5 Å². The summed E-state index contributed by atoms with van der Waals surface area (Å²) >= 11 is 3.92. The van der Waals surface area contributed by atoms with E-state index in [0.29, 0.717) is 0 Å². The number of nitrogen functional groups attached to an aromatic ring is 1. The summed E-state index contributed by atoms with van der Waals surface area (Å²) in [4.78, 5) is 0. The minimum atomic E-state index is 0.787. The first-order valence-corrected chi connectivity index (χ1v) is 11.1. The normalized spacial score (nSPS) is 11.1. The van der Waals surface area contributed by atoms with Crippen molar-refractivity contribution >= 4 is 43.2 Å². The van der Waals surface area contributed by atoms with Gasteiger partial charge in [-0.3, -0.25) is 0 Å². The molecule has 0 aliphatic rings. The molecule has 5 aromatic carbocycles. The zero-order valence-corrected chi connectivity index (χ0v) is 19.4. The predicted molar refractivity (Wildman–Crippen MR) is 138 cm³/mol. The van der Waals surface area contributed by atoms with E-state index in [4.69, 9.17) is 15.2 Å². The molecule has 4 heteroatoms. The molecular formula is C28H22BrNO2. The monoisotopic (exact) mass is 483 g/mol. The molecule has 5 rings (SSSR count). The summed E-state index contributed by atoms with van der Waals surface area (Å²) < 4.78 is 11.8. The fraction of sp³-hybridized carbons (Fsp3) is 0.0714. The Balaban J connectivity index is 1.91. The highest BCUT2D eigenvalue weighted by atomic mass is 79.9. The van der Waals surface area contributed by atoms with Gasteiger partial charge < -0.3 is 15.2 Å². The molecule has 0 saturated heterocycles. The summed E-state index contributed by atoms with van der Waals surface area (Å²) in [5.74, 6) is 1.65. The Kier molecular flexibility index (Phi) is 5.24. The number of hydrogen-bond donors (Lipinski definition) is 1. The van der Waals surface area contributed by atoms with Crippen LogP contribution in [-0.4, -0.2) is 14.2 Å². The number of nitrogens with two attached hydrogens (primary N) is 1. The van der Waals surface area contributed by atoms with Gasteiger partial charge in [0.15, 0.2) is 0 Å². The minimum Gasteiger partial charge on any atom is -0.497 e. The van der Waals surface area contributed by atoms with E-state index in [-0.39, 0.29) is 0 Å². The quantitative estimate of drug-likeness (QED) is 0.210. The molecule has 0 aromatic heterocycles. The highest BCUT2D eigenvalue weighted by Gasteiger charge is 2.18. The molecule has 0 aliphatic carbocycles. The Labute approximate surface area is 195 Å². The van der Waals surface area contributed by atoms with Crippen LogP contribution in [0, 0.1) is 0 Å². The van der Waals surface area contributed by atoms with E-state index >= 15 is 0 Å². The van der Waals surface area contributed by atoms with Gasteiger partial charge in [0.2, 0.25) is 0 Å². The van der Waals surface area contributed by atoms with Crippen LogP contribution in [-0.2, 0) is 0 Å². The van der Waals surface area contributed by atoms with Crippen molar-refractivity contribution in [1.29, 1.82) is 0 Å². The van der Waals surface area contributed by atoms with E-state index in [1.165, 1.54) is 0 Å². The van der Waals surface area contributed by atoms with Crippen LogP contribution in [0.3, 0.4) is 0 Å². The lowest BCUT2D eigenvalue weighted by Gasteiger charge is -2.19. The van der Waals surface area contributed by atoms with Gasteiger partial charge in [-0.25, -0.2) is 0 Å². The minimum absolute atomic E-state index is 0.787. The Hall–Kier alpha value is -3.50. The Morgan fingerprint density at radius 2 is 1.19 bits per heavy atom. The predicted octanol–water partition coefficient (Wildman–Crippen LogP) is 7.69. The van der Waals surface area contributed by atoms with Crippen molar-refractivity contribution in [2.24, 2.45) is 0 Å². The first-order chi connectivity index (χ1) is 15.6. The maximum Gasteiger partial charge on any atom is 0.118 e. The van der Waals surface area contributed by atoms with Crippen LogP contribution in [0.2, 0.25) is 0 Å².